The van der Waals surface area contributed by atoms with Gasteiger partial charge in [0.05, 0.1) is 54.2 Å². The predicted molar refractivity (Wildman–Crippen MR) is 99.1 cm³/mol. The maximum absolute atomic E-state index is 11.1. The lowest BCUT2D eigenvalue weighted by atomic mass is 10.1. The molecule has 0 amide bonds. The highest BCUT2D eigenvalue weighted by atomic mass is 16.6. The molecule has 0 saturated heterocycles. The SMILES string of the molecule is C[NH+](C)CCn1c2ccccc2c2nc3ccc([N+](=O)[O-])cc3cc21. The molecule has 126 valence electrons. The molecule has 1 N–H and O–H groups in total. The van der Waals surface area contributed by atoms with E-state index in [0.717, 1.165) is 45.9 Å². The molecular weight excluding hydrogens is 316 g/mol. The van der Waals surface area contributed by atoms with Gasteiger partial charge in [0.2, 0.25) is 0 Å². The molecule has 0 fully saturated rings. The number of likely N-dealkylation sites (N-methyl/N-ethyl adjacent to an activating group) is 1. The van der Waals surface area contributed by atoms with Crippen LogP contribution >= 0.6 is 0 Å². The zero-order chi connectivity index (χ0) is 17.6. The maximum atomic E-state index is 11.1. The molecule has 6 heteroatoms. The molecule has 2 heterocycles. The standard InChI is InChI=1S/C19H18N4O2/c1-21(2)9-10-22-17-6-4-3-5-15(17)19-18(22)12-13-11-14(23(24)25)7-8-16(13)20-19/h3-8,11-12H,9-10H2,1-2H3/p+1. The lowest BCUT2D eigenvalue weighted by Gasteiger charge is -2.10. The summed E-state index contributed by atoms with van der Waals surface area (Å²) in [6.07, 6.45) is 0. The number of quaternary nitrogens is 1. The molecule has 0 aliphatic heterocycles. The summed E-state index contributed by atoms with van der Waals surface area (Å²) in [6, 6.07) is 15.1. The Bertz CT molecular complexity index is 1110. The van der Waals surface area contributed by atoms with E-state index in [1.54, 1.807) is 12.1 Å². The third kappa shape index (κ3) is 2.60. The average Bonchev–Trinajstić information content (AvgIpc) is 2.90. The molecule has 6 nitrogen and oxygen atoms in total. The van der Waals surface area contributed by atoms with Gasteiger partial charge in [-0.05, 0) is 18.2 Å². The van der Waals surface area contributed by atoms with E-state index in [1.165, 1.54) is 11.0 Å². The number of benzene rings is 2. The fraction of sp³-hybridized carbons (Fsp3) is 0.211. The Kier molecular flexibility index (Phi) is 3.62. The van der Waals surface area contributed by atoms with Crippen LogP contribution in [0.5, 0.6) is 0 Å². The second kappa shape index (κ2) is 5.82. The number of pyridine rings is 1. The Hall–Kier alpha value is -2.99. The zero-order valence-corrected chi connectivity index (χ0v) is 14.2. The number of nitrogens with one attached hydrogen (secondary N) is 1. The fourth-order valence-electron chi connectivity index (χ4n) is 3.29. The van der Waals surface area contributed by atoms with E-state index in [4.69, 9.17) is 4.98 Å². The van der Waals surface area contributed by atoms with E-state index >= 15 is 0 Å². The smallest absolute Gasteiger partial charge is 0.270 e. The summed E-state index contributed by atoms with van der Waals surface area (Å²) in [5.41, 5.74) is 3.99. The van der Waals surface area contributed by atoms with Gasteiger partial charge >= 0.3 is 0 Å². The van der Waals surface area contributed by atoms with Crippen LogP contribution < -0.4 is 4.90 Å². The zero-order valence-electron chi connectivity index (χ0n) is 14.2. The molecule has 0 bridgehead atoms. The molecule has 0 atom stereocenters. The Morgan fingerprint density at radius 3 is 2.68 bits per heavy atom. The van der Waals surface area contributed by atoms with Crippen LogP contribution in [-0.4, -0.2) is 35.1 Å². The number of rotatable bonds is 4. The van der Waals surface area contributed by atoms with Crippen LogP contribution in [0, 0.1) is 10.1 Å². The molecule has 0 radical (unpaired) electrons. The van der Waals surface area contributed by atoms with Gasteiger partial charge in [0.15, 0.2) is 0 Å². The van der Waals surface area contributed by atoms with Crippen molar-refractivity contribution < 1.29 is 9.82 Å². The minimum absolute atomic E-state index is 0.0917. The highest BCUT2D eigenvalue weighted by Gasteiger charge is 2.15. The van der Waals surface area contributed by atoms with Crippen molar-refractivity contribution >= 4 is 38.5 Å². The van der Waals surface area contributed by atoms with Gasteiger partial charge in [0, 0.05) is 22.9 Å². The van der Waals surface area contributed by atoms with E-state index < -0.39 is 0 Å². The number of non-ortho nitro benzene ring substituents is 1. The Labute approximate surface area is 144 Å². The van der Waals surface area contributed by atoms with Crippen LogP contribution in [0.1, 0.15) is 0 Å². The molecule has 0 aliphatic carbocycles. The summed E-state index contributed by atoms with van der Waals surface area (Å²) < 4.78 is 2.27. The summed E-state index contributed by atoms with van der Waals surface area (Å²) in [7, 11) is 4.26. The summed E-state index contributed by atoms with van der Waals surface area (Å²) >= 11 is 0. The topological polar surface area (TPSA) is 65.4 Å². The van der Waals surface area contributed by atoms with Crippen molar-refractivity contribution in [2.24, 2.45) is 0 Å². The summed E-state index contributed by atoms with van der Waals surface area (Å²) in [5, 5.41) is 13.0. The normalized spacial score (nSPS) is 11.8. The molecule has 25 heavy (non-hydrogen) atoms. The quantitative estimate of drug-likeness (QED) is 0.460. The highest BCUT2D eigenvalue weighted by molar-refractivity contribution is 6.09. The third-order valence-corrected chi connectivity index (χ3v) is 4.57. The molecule has 0 aliphatic rings. The Balaban J connectivity index is 2.03. The minimum atomic E-state index is -0.366. The fourth-order valence-corrected chi connectivity index (χ4v) is 3.29. The van der Waals surface area contributed by atoms with Crippen LogP contribution in [-0.2, 0) is 6.54 Å². The minimum Gasteiger partial charge on any atom is -0.338 e. The number of hydrogen-bond donors (Lipinski definition) is 1. The van der Waals surface area contributed by atoms with Crippen molar-refractivity contribution in [2.45, 2.75) is 6.54 Å². The van der Waals surface area contributed by atoms with Crippen molar-refractivity contribution in [3.8, 4) is 0 Å². The lowest BCUT2D eigenvalue weighted by Crippen LogP contribution is -3.06. The average molecular weight is 335 g/mol. The van der Waals surface area contributed by atoms with Gasteiger partial charge in [-0.1, -0.05) is 18.2 Å². The first kappa shape index (κ1) is 15.5. The number of aromatic nitrogens is 2. The van der Waals surface area contributed by atoms with E-state index in [0.29, 0.717) is 0 Å². The van der Waals surface area contributed by atoms with Gasteiger partial charge < -0.3 is 9.47 Å². The third-order valence-electron chi connectivity index (χ3n) is 4.57. The molecule has 0 saturated carbocycles. The van der Waals surface area contributed by atoms with Crippen molar-refractivity contribution in [3.05, 3.63) is 58.6 Å². The van der Waals surface area contributed by atoms with E-state index in [-0.39, 0.29) is 10.6 Å². The Morgan fingerprint density at radius 1 is 1.12 bits per heavy atom. The lowest BCUT2D eigenvalue weighted by molar-refractivity contribution is -0.858. The number of nitro benzene ring substituents is 1. The summed E-state index contributed by atoms with van der Waals surface area (Å²) in [5.74, 6) is 0. The second-order valence-electron chi connectivity index (χ2n) is 6.62. The van der Waals surface area contributed by atoms with E-state index in [2.05, 4.69) is 30.8 Å². The number of nitrogens with zero attached hydrogens (tertiary/aromatic N) is 3. The van der Waals surface area contributed by atoms with Crippen LogP contribution in [0.25, 0.3) is 32.8 Å². The Morgan fingerprint density at radius 2 is 1.92 bits per heavy atom. The van der Waals surface area contributed by atoms with E-state index in [9.17, 15) is 10.1 Å². The molecule has 2 aromatic carbocycles. The van der Waals surface area contributed by atoms with Gasteiger partial charge in [-0.2, -0.15) is 0 Å². The van der Waals surface area contributed by atoms with Crippen LogP contribution in [0.3, 0.4) is 0 Å². The second-order valence-corrected chi connectivity index (χ2v) is 6.62. The van der Waals surface area contributed by atoms with Crippen LogP contribution in [0.4, 0.5) is 5.69 Å². The van der Waals surface area contributed by atoms with Crippen molar-refractivity contribution in [3.63, 3.8) is 0 Å². The molecular formula is C19H19N4O2+. The van der Waals surface area contributed by atoms with Crippen molar-refractivity contribution in [2.75, 3.05) is 20.6 Å². The molecule has 0 unspecified atom stereocenters. The first-order valence-electron chi connectivity index (χ1n) is 8.30. The molecule has 4 rings (SSSR count). The van der Waals surface area contributed by atoms with Crippen molar-refractivity contribution in [1.82, 2.24) is 9.55 Å². The van der Waals surface area contributed by atoms with Gasteiger partial charge in [-0.15, -0.1) is 0 Å². The van der Waals surface area contributed by atoms with Gasteiger partial charge in [-0.25, -0.2) is 4.98 Å². The largest absolute Gasteiger partial charge is 0.338 e. The monoisotopic (exact) mass is 335 g/mol. The number of fused-ring (bicyclic) bond motifs is 4. The van der Waals surface area contributed by atoms with Crippen LogP contribution in [0.15, 0.2) is 48.5 Å². The number of nitro groups is 1. The molecule has 0 spiro atoms. The molecule has 2 aromatic heterocycles. The van der Waals surface area contributed by atoms with Gasteiger partial charge in [-0.3, -0.25) is 10.1 Å². The first-order chi connectivity index (χ1) is 12.0. The molecule has 4 aromatic rings. The summed E-state index contributed by atoms with van der Waals surface area (Å²) in [6.45, 7) is 1.86. The predicted octanol–water partition coefficient (Wildman–Crippen LogP) is 2.40. The highest BCUT2D eigenvalue weighted by Crippen LogP contribution is 2.31. The number of hydrogen-bond acceptors (Lipinski definition) is 3. The maximum Gasteiger partial charge on any atom is 0.270 e. The van der Waals surface area contributed by atoms with E-state index in [1.807, 2.05) is 18.2 Å². The summed E-state index contributed by atoms with van der Waals surface area (Å²) in [4.78, 5) is 16.9. The van der Waals surface area contributed by atoms with Gasteiger partial charge in [0.25, 0.3) is 5.69 Å². The van der Waals surface area contributed by atoms with Crippen LogP contribution in [0.2, 0.25) is 0 Å². The number of para-hydroxylation sites is 1. The first-order valence-corrected chi connectivity index (χ1v) is 8.30. The van der Waals surface area contributed by atoms with Gasteiger partial charge in [0.1, 0.15) is 0 Å². The van der Waals surface area contributed by atoms with Crippen molar-refractivity contribution in [1.29, 1.82) is 0 Å².